The largest absolute Gasteiger partial charge is 0.543 e. The fourth-order valence-electron chi connectivity index (χ4n) is 1.12. The number of nitrogens with zero attached hydrogens (tertiary/aromatic N) is 2. The van der Waals surface area contributed by atoms with Crippen LogP contribution in [0.2, 0.25) is 5.15 Å². The van der Waals surface area contributed by atoms with Gasteiger partial charge in [0.25, 0.3) is 0 Å². The monoisotopic (exact) mass is 321 g/mol. The van der Waals surface area contributed by atoms with Crippen molar-refractivity contribution in [3.63, 3.8) is 0 Å². The number of hydrogen-bond acceptors (Lipinski definition) is 3. The summed E-state index contributed by atoms with van der Waals surface area (Å²) in [5.74, 6) is -1.37. The first kappa shape index (κ1) is 9.72. The molecule has 0 spiro atoms. The molecule has 0 saturated heterocycles. The Balaban J connectivity index is 2.80. The molecule has 0 aliphatic heterocycles. The van der Waals surface area contributed by atoms with Gasteiger partial charge in [0, 0.05) is 9.77 Å². The molecule has 14 heavy (non-hydrogen) atoms. The maximum atomic E-state index is 10.6. The standard InChI is InChI=1S/C8H4ClIN2O2/c9-7-6(8(13)14)11-5-2-1-4(10)3-12(5)7/h1-3H,(H,13,14)/p-1. The minimum atomic E-state index is -1.37. The lowest BCUT2D eigenvalue weighted by Gasteiger charge is -1.96. The van der Waals surface area contributed by atoms with Gasteiger partial charge in [0.2, 0.25) is 0 Å². The molecule has 0 aliphatic carbocycles. The SMILES string of the molecule is O=C([O-])c1nc2ccc(I)cn2c1Cl. The van der Waals surface area contributed by atoms with E-state index in [0.717, 1.165) is 3.57 Å². The molecule has 0 fully saturated rings. The highest BCUT2D eigenvalue weighted by atomic mass is 127. The number of fused-ring (bicyclic) bond motifs is 1. The number of imidazole rings is 1. The van der Waals surface area contributed by atoms with Gasteiger partial charge in [-0.25, -0.2) is 4.98 Å². The third-order valence-corrected chi connectivity index (χ3v) is 2.72. The number of halogens is 2. The van der Waals surface area contributed by atoms with Crippen molar-refractivity contribution in [1.82, 2.24) is 9.38 Å². The number of rotatable bonds is 1. The molecule has 6 heteroatoms. The van der Waals surface area contributed by atoms with Gasteiger partial charge in [-0.15, -0.1) is 0 Å². The van der Waals surface area contributed by atoms with Crippen molar-refractivity contribution < 1.29 is 9.90 Å². The van der Waals surface area contributed by atoms with E-state index in [0.29, 0.717) is 5.65 Å². The van der Waals surface area contributed by atoms with Gasteiger partial charge < -0.3 is 9.90 Å². The van der Waals surface area contributed by atoms with Crippen LogP contribution in [0.4, 0.5) is 0 Å². The predicted octanol–water partition coefficient (Wildman–Crippen LogP) is 0.956. The highest BCUT2D eigenvalue weighted by Crippen LogP contribution is 2.19. The minimum absolute atomic E-state index is 0.0681. The summed E-state index contributed by atoms with van der Waals surface area (Å²) in [5.41, 5.74) is 0.267. The van der Waals surface area contributed by atoms with Crippen LogP contribution >= 0.6 is 34.2 Å². The molecule has 2 rings (SSSR count). The molecule has 2 aromatic heterocycles. The Hall–Kier alpha value is -0.820. The van der Waals surface area contributed by atoms with Crippen LogP contribution < -0.4 is 5.11 Å². The average molecular weight is 321 g/mol. The number of carbonyl (C=O) groups excluding carboxylic acids is 1. The van der Waals surface area contributed by atoms with E-state index in [4.69, 9.17) is 11.6 Å². The van der Waals surface area contributed by atoms with Gasteiger partial charge in [0.1, 0.15) is 16.5 Å². The first-order valence-corrected chi connectivity index (χ1v) is 5.09. The number of carboxylic acid groups (broad SMARTS) is 1. The highest BCUT2D eigenvalue weighted by molar-refractivity contribution is 14.1. The summed E-state index contributed by atoms with van der Waals surface area (Å²) in [6.07, 6.45) is 1.71. The van der Waals surface area contributed by atoms with E-state index in [2.05, 4.69) is 27.6 Å². The lowest BCUT2D eigenvalue weighted by molar-refractivity contribution is -0.255. The maximum Gasteiger partial charge on any atom is 0.142 e. The molecule has 0 amide bonds. The van der Waals surface area contributed by atoms with E-state index in [1.54, 1.807) is 12.3 Å². The highest BCUT2D eigenvalue weighted by Gasteiger charge is 2.10. The summed E-state index contributed by atoms with van der Waals surface area (Å²) < 4.78 is 2.45. The fourth-order valence-corrected chi connectivity index (χ4v) is 1.83. The third kappa shape index (κ3) is 1.46. The Labute approximate surface area is 97.7 Å². The summed E-state index contributed by atoms with van der Waals surface area (Å²) in [6.45, 7) is 0. The van der Waals surface area contributed by atoms with Crippen LogP contribution in [0.15, 0.2) is 18.3 Å². The smallest absolute Gasteiger partial charge is 0.142 e. The number of hydrogen-bond donors (Lipinski definition) is 0. The number of carboxylic acids is 1. The van der Waals surface area contributed by atoms with E-state index < -0.39 is 5.97 Å². The molecule has 0 radical (unpaired) electrons. The van der Waals surface area contributed by atoms with Crippen molar-refractivity contribution >= 4 is 45.8 Å². The summed E-state index contributed by atoms with van der Waals surface area (Å²) >= 11 is 7.90. The number of pyridine rings is 1. The molecular formula is C8H3ClIN2O2-. The number of aromatic carboxylic acids is 1. The van der Waals surface area contributed by atoms with Gasteiger partial charge in [-0.05, 0) is 34.7 Å². The summed E-state index contributed by atoms with van der Waals surface area (Å²) in [4.78, 5) is 14.4. The molecule has 72 valence electrons. The van der Waals surface area contributed by atoms with Crippen LogP contribution in [0.25, 0.3) is 5.65 Å². The Morgan fingerprint density at radius 1 is 1.57 bits per heavy atom. The average Bonchev–Trinajstić information content (AvgIpc) is 2.44. The van der Waals surface area contributed by atoms with E-state index in [-0.39, 0.29) is 10.8 Å². The van der Waals surface area contributed by atoms with Gasteiger partial charge in [0.15, 0.2) is 0 Å². The van der Waals surface area contributed by atoms with Gasteiger partial charge in [-0.3, -0.25) is 4.40 Å². The van der Waals surface area contributed by atoms with Crippen LogP contribution in [-0.4, -0.2) is 15.4 Å². The third-order valence-electron chi connectivity index (χ3n) is 1.72. The van der Waals surface area contributed by atoms with Crippen LogP contribution in [0, 0.1) is 3.57 Å². The molecule has 0 aromatic carbocycles. The second-order valence-corrected chi connectivity index (χ2v) is 4.22. The fraction of sp³-hybridized carbons (Fsp3) is 0. The Morgan fingerprint density at radius 2 is 2.29 bits per heavy atom. The van der Waals surface area contributed by atoms with Crippen LogP contribution in [-0.2, 0) is 0 Å². The van der Waals surface area contributed by atoms with Crippen LogP contribution in [0.5, 0.6) is 0 Å². The Kier molecular flexibility index (Phi) is 2.36. The zero-order valence-electron chi connectivity index (χ0n) is 6.70. The molecular weight excluding hydrogens is 318 g/mol. The molecule has 2 heterocycles. The van der Waals surface area contributed by atoms with Crippen molar-refractivity contribution in [3.8, 4) is 0 Å². The first-order valence-electron chi connectivity index (χ1n) is 3.64. The lowest BCUT2D eigenvalue weighted by Crippen LogP contribution is -2.23. The van der Waals surface area contributed by atoms with Crippen LogP contribution in [0.3, 0.4) is 0 Å². The van der Waals surface area contributed by atoms with E-state index in [1.165, 1.54) is 4.40 Å². The second kappa shape index (κ2) is 3.39. The molecule has 0 bridgehead atoms. The van der Waals surface area contributed by atoms with Gasteiger partial charge in [0.05, 0.1) is 5.97 Å². The predicted molar refractivity (Wildman–Crippen MR) is 57.2 cm³/mol. The summed E-state index contributed by atoms with van der Waals surface area (Å²) in [7, 11) is 0. The van der Waals surface area contributed by atoms with Crippen molar-refractivity contribution in [3.05, 3.63) is 32.7 Å². The zero-order chi connectivity index (χ0) is 10.3. The van der Waals surface area contributed by atoms with Crippen LogP contribution in [0.1, 0.15) is 10.5 Å². The minimum Gasteiger partial charge on any atom is -0.543 e. The van der Waals surface area contributed by atoms with Gasteiger partial charge in [-0.2, -0.15) is 0 Å². The van der Waals surface area contributed by atoms with E-state index in [9.17, 15) is 9.90 Å². The molecule has 2 aromatic rings. The number of aromatic nitrogens is 2. The molecule has 0 atom stereocenters. The molecule has 0 aliphatic rings. The topological polar surface area (TPSA) is 57.4 Å². The summed E-state index contributed by atoms with van der Waals surface area (Å²) in [5, 5.41) is 10.7. The van der Waals surface area contributed by atoms with E-state index in [1.807, 2.05) is 6.07 Å². The normalized spacial score (nSPS) is 10.7. The van der Waals surface area contributed by atoms with E-state index >= 15 is 0 Å². The van der Waals surface area contributed by atoms with Gasteiger partial charge >= 0.3 is 0 Å². The molecule has 4 nitrogen and oxygen atoms in total. The lowest BCUT2D eigenvalue weighted by atomic mass is 10.5. The van der Waals surface area contributed by atoms with Crippen molar-refractivity contribution in [2.24, 2.45) is 0 Å². The maximum absolute atomic E-state index is 10.6. The first-order chi connectivity index (χ1) is 6.59. The van der Waals surface area contributed by atoms with Crippen molar-refractivity contribution in [2.45, 2.75) is 0 Å². The Bertz CT molecular complexity index is 523. The zero-order valence-corrected chi connectivity index (χ0v) is 9.61. The second-order valence-electron chi connectivity index (χ2n) is 2.61. The number of carbonyl (C=O) groups is 1. The molecule has 0 unspecified atom stereocenters. The summed E-state index contributed by atoms with van der Waals surface area (Å²) in [6, 6.07) is 3.51. The molecule has 0 N–H and O–H groups in total. The Morgan fingerprint density at radius 3 is 2.93 bits per heavy atom. The van der Waals surface area contributed by atoms with Crippen molar-refractivity contribution in [2.75, 3.05) is 0 Å². The van der Waals surface area contributed by atoms with Gasteiger partial charge in [-0.1, -0.05) is 11.6 Å². The van der Waals surface area contributed by atoms with Crippen molar-refractivity contribution in [1.29, 1.82) is 0 Å². The quantitative estimate of drug-likeness (QED) is 0.735. The molecule has 0 saturated carbocycles.